The third-order valence-electron chi connectivity index (χ3n) is 4.77. The van der Waals surface area contributed by atoms with Crippen molar-refractivity contribution in [2.45, 2.75) is 36.8 Å². The highest BCUT2D eigenvalue weighted by Gasteiger charge is 2.27. The van der Waals surface area contributed by atoms with Crippen molar-refractivity contribution in [3.05, 3.63) is 29.8 Å². The van der Waals surface area contributed by atoms with Crippen LogP contribution >= 0.6 is 0 Å². The van der Waals surface area contributed by atoms with E-state index in [1.54, 1.807) is 7.05 Å². The largest absolute Gasteiger partial charge is 0.367 e. The topological polar surface area (TPSA) is 142 Å². The number of carbonyl (C=O) groups is 1. The zero-order valence-electron chi connectivity index (χ0n) is 16.7. The van der Waals surface area contributed by atoms with Crippen LogP contribution in [0.3, 0.4) is 0 Å². The van der Waals surface area contributed by atoms with E-state index in [0.717, 1.165) is 30.3 Å². The Morgan fingerprint density at radius 3 is 2.77 bits per heavy atom. The van der Waals surface area contributed by atoms with Crippen LogP contribution in [0.4, 0.5) is 17.5 Å². The fourth-order valence-electron chi connectivity index (χ4n) is 3.06. The molecule has 11 heteroatoms. The molecule has 0 saturated heterocycles. The molecule has 0 bridgehead atoms. The molecule has 158 valence electrons. The molecule has 0 spiro atoms. The lowest BCUT2D eigenvalue weighted by molar-refractivity contribution is -0.120. The van der Waals surface area contributed by atoms with Gasteiger partial charge in [0.1, 0.15) is 11.2 Å². The van der Waals surface area contributed by atoms with Crippen molar-refractivity contribution in [1.82, 2.24) is 25.5 Å². The molecular formula is C19H23N7O3S. The normalized spacial score (nSPS) is 13.9. The van der Waals surface area contributed by atoms with Gasteiger partial charge in [-0.05, 0) is 37.0 Å². The maximum absolute atomic E-state index is 12.1. The summed E-state index contributed by atoms with van der Waals surface area (Å²) in [7, 11) is -1.89. The monoisotopic (exact) mass is 429 g/mol. The van der Waals surface area contributed by atoms with Gasteiger partial charge in [-0.25, -0.2) is 8.42 Å². The fourth-order valence-corrected chi connectivity index (χ4v) is 3.83. The molecule has 1 aromatic carbocycles. The van der Waals surface area contributed by atoms with Crippen molar-refractivity contribution in [3.63, 3.8) is 0 Å². The molecule has 0 radical (unpaired) electrons. The lowest BCUT2D eigenvalue weighted by atomic mass is 10.1. The number of aromatic nitrogens is 4. The van der Waals surface area contributed by atoms with E-state index in [-0.39, 0.29) is 22.6 Å². The lowest BCUT2D eigenvalue weighted by Gasteiger charge is -2.11. The minimum Gasteiger partial charge on any atom is -0.367 e. The first-order valence-electron chi connectivity index (χ1n) is 9.63. The number of hydrogen-bond acceptors (Lipinski definition) is 8. The average molecular weight is 430 g/mol. The highest BCUT2D eigenvalue weighted by atomic mass is 32.2. The van der Waals surface area contributed by atoms with Gasteiger partial charge in [0.05, 0.1) is 0 Å². The van der Waals surface area contributed by atoms with Gasteiger partial charge in [-0.1, -0.05) is 12.1 Å². The summed E-state index contributed by atoms with van der Waals surface area (Å²) in [4.78, 5) is 20.4. The van der Waals surface area contributed by atoms with E-state index in [4.69, 9.17) is 0 Å². The standard InChI is InChI=1S/C19H23N7O3S/c1-20-14(27)9-6-11-4-3-5-13(10-11)22-19-23-16(21-12-7-8-12)15-17(24-19)25-26-18(15)30(2,28)29/h3-5,10,12H,6-9H2,1-2H3,(H,20,27)(H3,21,22,23,24,25,26). The number of H-pyrrole nitrogens is 1. The summed E-state index contributed by atoms with van der Waals surface area (Å²) >= 11 is 0. The van der Waals surface area contributed by atoms with Gasteiger partial charge in [-0.3, -0.25) is 9.89 Å². The molecule has 4 N–H and O–H groups in total. The number of fused-ring (bicyclic) bond motifs is 1. The van der Waals surface area contributed by atoms with Crippen molar-refractivity contribution < 1.29 is 13.2 Å². The zero-order valence-corrected chi connectivity index (χ0v) is 17.5. The SMILES string of the molecule is CNC(=O)CCc1cccc(Nc2nc(NC3CC3)c3c(S(C)(=O)=O)[nH]nc3n2)c1. The molecule has 0 atom stereocenters. The van der Waals surface area contributed by atoms with E-state index in [1.807, 2.05) is 24.3 Å². The first kappa shape index (κ1) is 20.1. The fraction of sp³-hybridized carbons (Fsp3) is 0.368. The van der Waals surface area contributed by atoms with Crippen LogP contribution in [0.25, 0.3) is 11.0 Å². The summed E-state index contributed by atoms with van der Waals surface area (Å²) in [5, 5.41) is 16.1. The number of benzene rings is 1. The van der Waals surface area contributed by atoms with E-state index >= 15 is 0 Å². The van der Waals surface area contributed by atoms with Crippen LogP contribution in [0, 0.1) is 0 Å². The first-order chi connectivity index (χ1) is 14.3. The first-order valence-corrected chi connectivity index (χ1v) is 11.5. The van der Waals surface area contributed by atoms with Gasteiger partial charge >= 0.3 is 0 Å². The number of amides is 1. The van der Waals surface area contributed by atoms with Crippen LogP contribution in [0.1, 0.15) is 24.8 Å². The van der Waals surface area contributed by atoms with Gasteiger partial charge in [-0.15, -0.1) is 0 Å². The van der Waals surface area contributed by atoms with Crippen molar-refractivity contribution in [2.24, 2.45) is 0 Å². The summed E-state index contributed by atoms with van der Waals surface area (Å²) in [5.74, 6) is 0.730. The predicted molar refractivity (Wildman–Crippen MR) is 114 cm³/mol. The quantitative estimate of drug-likeness (QED) is 0.424. The number of nitrogens with one attached hydrogen (secondary N) is 4. The third kappa shape index (κ3) is 4.51. The molecule has 1 amide bonds. The summed E-state index contributed by atoms with van der Waals surface area (Å²) in [6.45, 7) is 0. The zero-order chi connectivity index (χ0) is 21.3. The van der Waals surface area contributed by atoms with E-state index in [9.17, 15) is 13.2 Å². The van der Waals surface area contributed by atoms with Crippen LogP contribution in [-0.4, -0.2) is 53.8 Å². The second kappa shape index (κ2) is 7.90. The molecule has 30 heavy (non-hydrogen) atoms. The number of hydrogen-bond donors (Lipinski definition) is 4. The number of aryl methyl sites for hydroxylation is 1. The Bertz CT molecular complexity index is 1200. The molecule has 1 aliphatic carbocycles. The summed E-state index contributed by atoms with van der Waals surface area (Å²) in [6, 6.07) is 7.91. The van der Waals surface area contributed by atoms with Crippen LogP contribution in [0.15, 0.2) is 29.3 Å². The molecule has 3 aromatic rings. The molecule has 0 unspecified atom stereocenters. The van der Waals surface area contributed by atoms with Gasteiger partial charge in [0.2, 0.25) is 11.9 Å². The predicted octanol–water partition coefficient (Wildman–Crippen LogP) is 1.75. The summed E-state index contributed by atoms with van der Waals surface area (Å²) < 4.78 is 24.2. The third-order valence-corrected chi connectivity index (χ3v) is 5.81. The van der Waals surface area contributed by atoms with Gasteiger partial charge in [0.25, 0.3) is 0 Å². The molecular weight excluding hydrogens is 406 g/mol. The second-order valence-electron chi connectivity index (χ2n) is 7.34. The van der Waals surface area contributed by atoms with Gasteiger partial charge < -0.3 is 16.0 Å². The Morgan fingerprint density at radius 2 is 2.07 bits per heavy atom. The average Bonchev–Trinajstić information content (AvgIpc) is 3.40. The number of aromatic amines is 1. The molecule has 1 aliphatic rings. The number of anilines is 3. The van der Waals surface area contributed by atoms with Crippen molar-refractivity contribution in [3.8, 4) is 0 Å². The Labute approximate surface area is 173 Å². The Morgan fingerprint density at radius 1 is 1.27 bits per heavy atom. The van der Waals surface area contributed by atoms with Gasteiger partial charge in [0, 0.05) is 31.5 Å². The van der Waals surface area contributed by atoms with Crippen molar-refractivity contribution in [1.29, 1.82) is 0 Å². The van der Waals surface area contributed by atoms with Crippen LogP contribution < -0.4 is 16.0 Å². The van der Waals surface area contributed by atoms with Crippen LogP contribution in [0.5, 0.6) is 0 Å². The van der Waals surface area contributed by atoms with Crippen molar-refractivity contribution >= 4 is 44.2 Å². The summed E-state index contributed by atoms with van der Waals surface area (Å²) in [5.41, 5.74) is 2.03. The molecule has 10 nitrogen and oxygen atoms in total. The van der Waals surface area contributed by atoms with E-state index in [2.05, 4.69) is 36.1 Å². The molecule has 1 fully saturated rings. The number of rotatable bonds is 8. The summed E-state index contributed by atoms with van der Waals surface area (Å²) in [6.07, 6.45) is 4.15. The number of sulfone groups is 1. The lowest BCUT2D eigenvalue weighted by Crippen LogP contribution is -2.17. The highest BCUT2D eigenvalue weighted by molar-refractivity contribution is 7.90. The van der Waals surface area contributed by atoms with E-state index in [1.165, 1.54) is 0 Å². The second-order valence-corrected chi connectivity index (χ2v) is 9.29. The molecule has 2 heterocycles. The Hall–Kier alpha value is -3.21. The minimum atomic E-state index is -3.51. The van der Waals surface area contributed by atoms with E-state index < -0.39 is 9.84 Å². The van der Waals surface area contributed by atoms with E-state index in [0.29, 0.717) is 30.0 Å². The Kier molecular flexibility index (Phi) is 5.29. The van der Waals surface area contributed by atoms with Crippen molar-refractivity contribution in [2.75, 3.05) is 23.9 Å². The Balaban J connectivity index is 1.64. The molecule has 0 aliphatic heterocycles. The number of nitrogens with zero attached hydrogens (tertiary/aromatic N) is 3. The van der Waals surface area contributed by atoms with Crippen LogP contribution in [-0.2, 0) is 21.1 Å². The highest BCUT2D eigenvalue weighted by Crippen LogP contribution is 2.32. The van der Waals surface area contributed by atoms with Gasteiger partial charge in [0.15, 0.2) is 20.5 Å². The molecule has 2 aromatic heterocycles. The smallest absolute Gasteiger partial charge is 0.231 e. The van der Waals surface area contributed by atoms with Gasteiger partial charge in [-0.2, -0.15) is 15.1 Å². The maximum Gasteiger partial charge on any atom is 0.231 e. The number of carbonyl (C=O) groups excluding carboxylic acids is 1. The minimum absolute atomic E-state index is 0.00315. The molecule has 1 saturated carbocycles. The maximum atomic E-state index is 12.1. The van der Waals surface area contributed by atoms with Crippen LogP contribution in [0.2, 0.25) is 0 Å². The molecule has 4 rings (SSSR count).